The van der Waals surface area contributed by atoms with E-state index in [4.69, 9.17) is 11.6 Å². The van der Waals surface area contributed by atoms with E-state index in [9.17, 15) is 9.90 Å². The van der Waals surface area contributed by atoms with Crippen LogP contribution < -0.4 is 5.32 Å². The third-order valence-electron chi connectivity index (χ3n) is 2.80. The van der Waals surface area contributed by atoms with Gasteiger partial charge in [0.15, 0.2) is 0 Å². The van der Waals surface area contributed by atoms with E-state index in [0.29, 0.717) is 16.4 Å². The molecule has 0 aliphatic carbocycles. The van der Waals surface area contributed by atoms with Crippen LogP contribution in [0.25, 0.3) is 0 Å². The minimum atomic E-state index is -0.963. The summed E-state index contributed by atoms with van der Waals surface area (Å²) in [5, 5.41) is 12.8. The number of carboxylic acid groups (broad SMARTS) is 1. The van der Waals surface area contributed by atoms with E-state index in [1.54, 1.807) is 12.1 Å². The molecule has 0 saturated carbocycles. The number of carboxylic acids is 1. The Balaban J connectivity index is 2.40. The second kappa shape index (κ2) is 5.33. The SMILES string of the molecule is Cc1ccc(Nc2ccc(C)cc2C(=O)O)c(Cl)c1. The fraction of sp³-hybridized carbons (Fsp3) is 0.133. The number of carbonyl (C=O) groups is 1. The molecule has 4 heteroatoms. The monoisotopic (exact) mass is 275 g/mol. The lowest BCUT2D eigenvalue weighted by atomic mass is 10.1. The molecule has 0 fully saturated rings. The van der Waals surface area contributed by atoms with Gasteiger partial charge in [-0.2, -0.15) is 0 Å². The minimum absolute atomic E-state index is 0.233. The largest absolute Gasteiger partial charge is 0.478 e. The third-order valence-corrected chi connectivity index (χ3v) is 3.11. The third kappa shape index (κ3) is 3.06. The Labute approximate surface area is 116 Å². The maximum Gasteiger partial charge on any atom is 0.337 e. The fourth-order valence-electron chi connectivity index (χ4n) is 1.81. The maximum atomic E-state index is 11.2. The van der Waals surface area contributed by atoms with Gasteiger partial charge in [0.1, 0.15) is 0 Å². The molecule has 98 valence electrons. The van der Waals surface area contributed by atoms with Crippen LogP contribution in [-0.2, 0) is 0 Å². The molecule has 2 rings (SSSR count). The molecule has 2 aromatic rings. The molecule has 0 saturated heterocycles. The zero-order valence-electron chi connectivity index (χ0n) is 10.7. The molecule has 3 nitrogen and oxygen atoms in total. The van der Waals surface area contributed by atoms with Crippen LogP contribution in [-0.4, -0.2) is 11.1 Å². The van der Waals surface area contributed by atoms with Crippen LogP contribution in [0.5, 0.6) is 0 Å². The number of anilines is 2. The van der Waals surface area contributed by atoms with E-state index in [1.165, 1.54) is 0 Å². The number of aromatic carboxylic acids is 1. The summed E-state index contributed by atoms with van der Waals surface area (Å²) in [5.41, 5.74) is 3.41. The van der Waals surface area contributed by atoms with E-state index in [1.807, 2.05) is 38.1 Å². The predicted octanol–water partition coefficient (Wildman–Crippen LogP) is 4.40. The summed E-state index contributed by atoms with van der Waals surface area (Å²) in [4.78, 5) is 11.2. The topological polar surface area (TPSA) is 49.3 Å². The normalized spacial score (nSPS) is 10.3. The highest BCUT2D eigenvalue weighted by atomic mass is 35.5. The molecule has 0 radical (unpaired) electrons. The molecule has 0 atom stereocenters. The lowest BCUT2D eigenvalue weighted by molar-refractivity contribution is 0.0698. The Morgan fingerprint density at radius 3 is 2.21 bits per heavy atom. The van der Waals surface area contributed by atoms with E-state index >= 15 is 0 Å². The van der Waals surface area contributed by atoms with Crippen molar-refractivity contribution in [2.75, 3.05) is 5.32 Å². The number of benzene rings is 2. The average molecular weight is 276 g/mol. The summed E-state index contributed by atoms with van der Waals surface area (Å²) in [6.45, 7) is 3.80. The molecule has 0 heterocycles. The number of halogens is 1. The number of hydrogen-bond acceptors (Lipinski definition) is 2. The first-order valence-corrected chi connectivity index (χ1v) is 6.22. The van der Waals surface area contributed by atoms with Gasteiger partial charge < -0.3 is 10.4 Å². The summed E-state index contributed by atoms with van der Waals surface area (Å²) < 4.78 is 0. The number of rotatable bonds is 3. The van der Waals surface area contributed by atoms with Crippen molar-refractivity contribution in [1.29, 1.82) is 0 Å². The minimum Gasteiger partial charge on any atom is -0.478 e. The number of nitrogens with one attached hydrogen (secondary N) is 1. The van der Waals surface area contributed by atoms with Gasteiger partial charge >= 0.3 is 5.97 Å². The molecule has 0 aliphatic heterocycles. The summed E-state index contributed by atoms with van der Waals surface area (Å²) in [5.74, 6) is -0.963. The molecule has 19 heavy (non-hydrogen) atoms. The van der Waals surface area contributed by atoms with Crippen LogP contribution in [0, 0.1) is 13.8 Å². The highest BCUT2D eigenvalue weighted by Gasteiger charge is 2.11. The van der Waals surface area contributed by atoms with Gasteiger partial charge in [0, 0.05) is 0 Å². The van der Waals surface area contributed by atoms with Gasteiger partial charge in [0.05, 0.1) is 22.0 Å². The van der Waals surface area contributed by atoms with E-state index in [0.717, 1.165) is 11.1 Å². The Hall–Kier alpha value is -2.00. The van der Waals surface area contributed by atoms with E-state index in [-0.39, 0.29) is 5.56 Å². The van der Waals surface area contributed by atoms with Gasteiger partial charge in [0.2, 0.25) is 0 Å². The lowest BCUT2D eigenvalue weighted by Crippen LogP contribution is -2.03. The van der Waals surface area contributed by atoms with Crippen LogP contribution >= 0.6 is 11.6 Å². The molecular weight excluding hydrogens is 262 g/mol. The molecule has 2 N–H and O–H groups in total. The van der Waals surface area contributed by atoms with Crippen molar-refractivity contribution >= 4 is 28.9 Å². The number of aryl methyl sites for hydroxylation is 2. The van der Waals surface area contributed by atoms with Crippen LogP contribution in [0.1, 0.15) is 21.5 Å². The molecular formula is C15H14ClNO2. The van der Waals surface area contributed by atoms with Gasteiger partial charge in [-0.3, -0.25) is 0 Å². The van der Waals surface area contributed by atoms with Gasteiger partial charge in [-0.15, -0.1) is 0 Å². The van der Waals surface area contributed by atoms with Gasteiger partial charge in [-0.1, -0.05) is 29.3 Å². The van der Waals surface area contributed by atoms with Crippen molar-refractivity contribution in [1.82, 2.24) is 0 Å². The molecule has 0 aliphatic rings. The standard InChI is InChI=1S/C15H14ClNO2/c1-9-3-5-13(11(7-9)15(18)19)17-14-6-4-10(2)8-12(14)16/h3-8,17H,1-2H3,(H,18,19). The van der Waals surface area contributed by atoms with Crippen molar-refractivity contribution in [2.24, 2.45) is 0 Å². The first kappa shape index (κ1) is 13.4. The van der Waals surface area contributed by atoms with Crippen molar-refractivity contribution in [3.8, 4) is 0 Å². The van der Waals surface area contributed by atoms with Crippen molar-refractivity contribution < 1.29 is 9.90 Å². The zero-order chi connectivity index (χ0) is 14.0. The Morgan fingerprint density at radius 2 is 1.63 bits per heavy atom. The highest BCUT2D eigenvalue weighted by molar-refractivity contribution is 6.33. The van der Waals surface area contributed by atoms with Gasteiger partial charge in [-0.05, 0) is 43.7 Å². The smallest absolute Gasteiger partial charge is 0.337 e. The Kier molecular flexibility index (Phi) is 3.76. The first-order chi connectivity index (χ1) is 8.97. The van der Waals surface area contributed by atoms with Gasteiger partial charge in [0.25, 0.3) is 0 Å². The quantitative estimate of drug-likeness (QED) is 0.873. The van der Waals surface area contributed by atoms with Crippen molar-refractivity contribution in [3.05, 3.63) is 58.1 Å². The van der Waals surface area contributed by atoms with Crippen LogP contribution in [0.2, 0.25) is 5.02 Å². The van der Waals surface area contributed by atoms with E-state index < -0.39 is 5.97 Å². The zero-order valence-corrected chi connectivity index (χ0v) is 11.5. The Bertz CT molecular complexity index is 638. The van der Waals surface area contributed by atoms with Crippen LogP contribution in [0.15, 0.2) is 36.4 Å². The molecule has 0 bridgehead atoms. The summed E-state index contributed by atoms with van der Waals surface area (Å²) in [6.07, 6.45) is 0. The Morgan fingerprint density at radius 1 is 1.05 bits per heavy atom. The summed E-state index contributed by atoms with van der Waals surface area (Å²) in [6, 6.07) is 10.8. The lowest BCUT2D eigenvalue weighted by Gasteiger charge is -2.12. The fourth-order valence-corrected chi connectivity index (χ4v) is 2.09. The second-order valence-corrected chi connectivity index (χ2v) is 4.87. The predicted molar refractivity (Wildman–Crippen MR) is 77.6 cm³/mol. The van der Waals surface area contributed by atoms with Crippen LogP contribution in [0.4, 0.5) is 11.4 Å². The van der Waals surface area contributed by atoms with Crippen molar-refractivity contribution in [2.45, 2.75) is 13.8 Å². The summed E-state index contributed by atoms with van der Waals surface area (Å²) >= 11 is 6.13. The highest BCUT2D eigenvalue weighted by Crippen LogP contribution is 2.28. The average Bonchev–Trinajstić information content (AvgIpc) is 2.34. The number of hydrogen-bond donors (Lipinski definition) is 2. The molecule has 0 spiro atoms. The summed E-state index contributed by atoms with van der Waals surface area (Å²) in [7, 11) is 0. The van der Waals surface area contributed by atoms with Crippen molar-refractivity contribution in [3.63, 3.8) is 0 Å². The molecule has 0 aromatic heterocycles. The van der Waals surface area contributed by atoms with Gasteiger partial charge in [-0.25, -0.2) is 4.79 Å². The molecule has 0 unspecified atom stereocenters. The van der Waals surface area contributed by atoms with Crippen LogP contribution in [0.3, 0.4) is 0 Å². The maximum absolute atomic E-state index is 11.2. The molecule has 2 aromatic carbocycles. The van der Waals surface area contributed by atoms with E-state index in [2.05, 4.69) is 5.32 Å². The first-order valence-electron chi connectivity index (χ1n) is 5.84. The second-order valence-electron chi connectivity index (χ2n) is 4.46. The molecule has 0 amide bonds.